The number of aromatic nitrogens is 3. The van der Waals surface area contributed by atoms with Crippen LogP contribution in [0.5, 0.6) is 5.75 Å². The average molecular weight is 607 g/mol. The first-order chi connectivity index (χ1) is 20.6. The molecule has 2 aliphatic heterocycles. The third-order valence-electron chi connectivity index (χ3n) is 8.63. The number of pyridine rings is 1. The highest BCUT2D eigenvalue weighted by Gasteiger charge is 2.35. The van der Waals surface area contributed by atoms with E-state index in [9.17, 15) is 9.59 Å². The van der Waals surface area contributed by atoms with Crippen molar-refractivity contribution in [2.75, 3.05) is 38.7 Å². The van der Waals surface area contributed by atoms with E-state index in [4.69, 9.17) is 9.47 Å². The molecule has 2 aromatic heterocycles. The van der Waals surface area contributed by atoms with Crippen LogP contribution in [-0.4, -0.2) is 83.8 Å². The van der Waals surface area contributed by atoms with Crippen molar-refractivity contribution in [1.82, 2.24) is 24.6 Å². The van der Waals surface area contributed by atoms with Gasteiger partial charge in [0.1, 0.15) is 19.1 Å². The summed E-state index contributed by atoms with van der Waals surface area (Å²) in [7, 11) is 0.923. The van der Waals surface area contributed by atoms with Crippen LogP contribution in [0.2, 0.25) is 25.7 Å². The van der Waals surface area contributed by atoms with Gasteiger partial charge in [0.15, 0.2) is 0 Å². The van der Waals surface area contributed by atoms with Gasteiger partial charge in [-0.25, -0.2) is 4.68 Å². The molecular formula is C32H46N6O4Si. The summed E-state index contributed by atoms with van der Waals surface area (Å²) in [5, 5.41) is 8.06. The average Bonchev–Trinajstić information content (AvgIpc) is 3.59. The molecule has 43 heavy (non-hydrogen) atoms. The first-order valence-corrected chi connectivity index (χ1v) is 19.2. The van der Waals surface area contributed by atoms with E-state index in [2.05, 4.69) is 53.9 Å². The number of nitrogens with zero attached hydrogens (tertiary/aromatic N) is 5. The van der Waals surface area contributed by atoms with Gasteiger partial charge in [-0.3, -0.25) is 14.6 Å². The van der Waals surface area contributed by atoms with Gasteiger partial charge in [0.2, 0.25) is 0 Å². The number of fused-ring (bicyclic) bond motifs is 1. The number of likely N-dealkylation sites (tertiary alicyclic amines) is 2. The van der Waals surface area contributed by atoms with Crippen molar-refractivity contribution in [2.24, 2.45) is 5.92 Å². The van der Waals surface area contributed by atoms with Crippen molar-refractivity contribution in [1.29, 1.82) is 0 Å². The molecule has 1 N–H and O–H groups in total. The van der Waals surface area contributed by atoms with E-state index in [1.54, 1.807) is 28.2 Å². The zero-order valence-electron chi connectivity index (χ0n) is 26.2. The van der Waals surface area contributed by atoms with Gasteiger partial charge in [0.25, 0.3) is 0 Å². The molecule has 0 bridgehead atoms. The van der Waals surface area contributed by atoms with Gasteiger partial charge in [-0.2, -0.15) is 5.10 Å². The smallest absolute Gasteiger partial charge is 0.314 e. The van der Waals surface area contributed by atoms with Crippen LogP contribution in [0, 0.1) is 5.92 Å². The summed E-state index contributed by atoms with van der Waals surface area (Å²) in [6.07, 6.45) is 9.06. The van der Waals surface area contributed by atoms with Gasteiger partial charge >= 0.3 is 11.8 Å². The molecule has 0 saturated carbocycles. The minimum absolute atomic E-state index is 0.202. The highest BCUT2D eigenvalue weighted by Crippen LogP contribution is 2.35. The first-order valence-electron chi connectivity index (χ1n) is 15.5. The van der Waals surface area contributed by atoms with Crippen LogP contribution in [0.1, 0.15) is 44.2 Å². The number of carbonyl (C=O) groups is 2. The lowest BCUT2D eigenvalue weighted by molar-refractivity contribution is -0.146. The second-order valence-corrected chi connectivity index (χ2v) is 19.0. The molecule has 232 valence electrons. The fourth-order valence-electron chi connectivity index (χ4n) is 5.98. The van der Waals surface area contributed by atoms with Gasteiger partial charge < -0.3 is 24.6 Å². The van der Waals surface area contributed by atoms with Crippen molar-refractivity contribution in [2.45, 2.75) is 77.1 Å². The maximum atomic E-state index is 13.7. The Morgan fingerprint density at radius 3 is 2.72 bits per heavy atom. The number of rotatable bonds is 10. The minimum atomic E-state index is -1.22. The summed E-state index contributed by atoms with van der Waals surface area (Å²) in [4.78, 5) is 35.5. The fourth-order valence-corrected chi connectivity index (χ4v) is 6.74. The van der Waals surface area contributed by atoms with Gasteiger partial charge in [0, 0.05) is 38.9 Å². The summed E-state index contributed by atoms with van der Waals surface area (Å²) in [6, 6.07) is 9.27. The molecule has 0 radical (unpaired) electrons. The largest absolute Gasteiger partial charge is 0.492 e. The predicted octanol–water partition coefficient (Wildman–Crippen LogP) is 5.15. The maximum absolute atomic E-state index is 13.7. The summed E-state index contributed by atoms with van der Waals surface area (Å²) in [5.41, 5.74) is 2.11. The molecule has 2 aliphatic rings. The lowest BCUT2D eigenvalue weighted by Crippen LogP contribution is -2.46. The van der Waals surface area contributed by atoms with E-state index in [1.165, 1.54) is 6.42 Å². The second kappa shape index (κ2) is 13.6. The maximum Gasteiger partial charge on any atom is 0.314 e. The van der Waals surface area contributed by atoms with Gasteiger partial charge in [-0.05, 0) is 68.9 Å². The number of carbonyl (C=O) groups excluding carboxylic acids is 2. The lowest BCUT2D eigenvalue weighted by atomic mass is 9.89. The van der Waals surface area contributed by atoms with Crippen LogP contribution in [0.3, 0.4) is 0 Å². The Hall–Kier alpha value is -3.28. The number of hydrogen-bond acceptors (Lipinski definition) is 7. The molecule has 11 heteroatoms. The van der Waals surface area contributed by atoms with E-state index >= 15 is 0 Å². The van der Waals surface area contributed by atoms with E-state index in [-0.39, 0.29) is 12.8 Å². The van der Waals surface area contributed by atoms with Crippen molar-refractivity contribution in [3.8, 4) is 5.75 Å². The number of benzene rings is 1. The lowest BCUT2D eigenvalue weighted by Gasteiger charge is -2.38. The normalized spacial score (nSPS) is 21.3. The number of anilines is 1. The molecular weight excluding hydrogens is 560 g/mol. The molecule has 10 nitrogen and oxygen atoms in total. The van der Waals surface area contributed by atoms with Gasteiger partial charge in [-0.1, -0.05) is 38.7 Å². The molecule has 2 fully saturated rings. The van der Waals surface area contributed by atoms with Crippen LogP contribution >= 0.6 is 0 Å². The topological polar surface area (TPSA) is 102 Å². The summed E-state index contributed by atoms with van der Waals surface area (Å²) < 4.78 is 13.8. The van der Waals surface area contributed by atoms with Crippen molar-refractivity contribution < 1.29 is 19.1 Å². The molecule has 1 unspecified atom stereocenters. The second-order valence-electron chi connectivity index (χ2n) is 13.4. The zero-order valence-corrected chi connectivity index (χ0v) is 27.2. The number of likely N-dealkylation sites (N-methyl/N-ethyl adjacent to an activating group) is 1. The van der Waals surface area contributed by atoms with Crippen LogP contribution in [0.15, 0.2) is 42.9 Å². The molecule has 5 rings (SSSR count). The molecule has 0 spiro atoms. The number of ether oxygens (including phenoxy) is 2. The Morgan fingerprint density at radius 1 is 1.12 bits per heavy atom. The number of hydrogen-bond donors (Lipinski definition) is 1. The molecule has 3 aromatic rings. The van der Waals surface area contributed by atoms with Crippen LogP contribution in [0.4, 0.5) is 5.69 Å². The molecule has 2 saturated heterocycles. The zero-order chi connectivity index (χ0) is 30.6. The number of piperidine rings is 1. The van der Waals surface area contributed by atoms with Crippen LogP contribution in [-0.2, 0) is 21.1 Å². The van der Waals surface area contributed by atoms with Crippen LogP contribution in [0.25, 0.3) is 10.9 Å². The highest BCUT2D eigenvalue weighted by molar-refractivity contribution is 6.76. The third-order valence-corrected chi connectivity index (χ3v) is 10.3. The Morgan fingerprint density at radius 2 is 1.95 bits per heavy atom. The molecule has 0 aliphatic carbocycles. The number of nitrogens with one attached hydrogen (secondary N) is 1. The molecule has 1 aromatic carbocycles. The first kappa shape index (κ1) is 31.2. The van der Waals surface area contributed by atoms with Gasteiger partial charge in [-0.15, -0.1) is 0 Å². The van der Waals surface area contributed by atoms with E-state index in [0.29, 0.717) is 42.9 Å². The van der Waals surface area contributed by atoms with E-state index < -0.39 is 19.9 Å². The summed E-state index contributed by atoms with van der Waals surface area (Å²) >= 11 is 0. The van der Waals surface area contributed by atoms with E-state index in [0.717, 1.165) is 48.6 Å². The number of amides is 2. The Labute approximate surface area is 255 Å². The predicted molar refractivity (Wildman–Crippen MR) is 171 cm³/mol. The Kier molecular flexibility index (Phi) is 9.83. The van der Waals surface area contributed by atoms with Crippen molar-refractivity contribution >= 4 is 36.5 Å². The Balaban J connectivity index is 1.29. The fraction of sp³-hybridized carbons (Fsp3) is 0.562. The molecule has 3 atom stereocenters. The summed E-state index contributed by atoms with van der Waals surface area (Å²) in [6.45, 7) is 12.2. The third kappa shape index (κ3) is 7.82. The van der Waals surface area contributed by atoms with Crippen LogP contribution < -0.4 is 10.1 Å². The van der Waals surface area contributed by atoms with Crippen molar-refractivity contribution in [3.05, 3.63) is 48.4 Å². The van der Waals surface area contributed by atoms with Gasteiger partial charge in [0.05, 0.1) is 29.6 Å². The quantitative estimate of drug-likeness (QED) is 0.193. The SMILES string of the molecule is C[C@H]1CC[C@H](c2cccc(OCC3CCCN3C)c2)N(C(=O)C(=O)Nc2cncc3cnn(COCC[Si](C)(C)C)c23)C1. The standard InChI is InChI=1S/C32H46N6O4Si/c1-23-11-12-29(24-8-6-10-27(16-24)42-21-26-9-7-13-36(26)2)37(20-23)32(40)31(39)35-28-19-33-17-25-18-34-38(30(25)28)22-41-14-15-43(3,4)5/h6,8,10,16-19,23,26,29H,7,9,11-15,20-22H2,1-5H3,(H,35,39)/t23-,26?,29+/m0/s1. The summed E-state index contributed by atoms with van der Waals surface area (Å²) in [5.74, 6) is -0.140. The van der Waals surface area contributed by atoms with Crippen molar-refractivity contribution in [3.63, 3.8) is 0 Å². The highest BCUT2D eigenvalue weighted by atomic mass is 28.3. The van der Waals surface area contributed by atoms with E-state index in [1.807, 2.05) is 24.3 Å². The Bertz CT molecular complexity index is 1420. The molecule has 4 heterocycles. The minimum Gasteiger partial charge on any atom is -0.492 e. The molecule has 2 amide bonds. The monoisotopic (exact) mass is 606 g/mol.